The quantitative estimate of drug-likeness (QED) is 0.318. The second kappa shape index (κ2) is 8.43. The van der Waals surface area contributed by atoms with Gasteiger partial charge in [-0.1, -0.05) is 88.2 Å². The molecule has 0 nitrogen and oxygen atoms in total. The molecule has 0 radical (unpaired) electrons. The predicted octanol–water partition coefficient (Wildman–Crippen LogP) is 6.25. The molecule has 0 unspecified atom stereocenters. The molecule has 0 saturated heterocycles. The van der Waals surface area contributed by atoms with Crippen LogP contribution in [0.15, 0.2) is 114 Å². The third kappa shape index (κ3) is 3.70. The molecule has 0 saturated carbocycles. The molecule has 0 amide bonds. The minimum Gasteiger partial charge on any atom is -0.0620 e. The van der Waals surface area contributed by atoms with Gasteiger partial charge in [-0.15, -0.1) is 0 Å². The van der Waals surface area contributed by atoms with E-state index >= 15 is 0 Å². The van der Waals surface area contributed by atoms with Crippen molar-refractivity contribution in [2.24, 2.45) is 0 Å². The monoisotopic (exact) mass is 445 g/mol. The van der Waals surface area contributed by atoms with E-state index in [4.69, 9.17) is 0 Å². The number of hydrogen-bond acceptors (Lipinski definition) is 0. The summed E-state index contributed by atoms with van der Waals surface area (Å²) in [5, 5.41) is 4.25. The Kier molecular flexibility index (Phi) is 5.76. The average Bonchev–Trinajstić information content (AvgIpc) is 2.76. The lowest BCUT2D eigenvalue weighted by Crippen LogP contribution is -2.32. The highest BCUT2D eigenvalue weighted by atomic mass is 79.9. The van der Waals surface area contributed by atoms with E-state index in [9.17, 15) is 0 Å². The molecule has 0 spiro atoms. The highest BCUT2D eigenvalue weighted by Gasteiger charge is 2.45. The maximum absolute atomic E-state index is 3.82. The van der Waals surface area contributed by atoms with Crippen LogP contribution in [-0.4, -0.2) is 0 Å². The Bertz CT molecular complexity index is 947. The third-order valence-electron chi connectivity index (χ3n) is 5.20. The zero-order valence-electron chi connectivity index (χ0n) is 15.9. The van der Waals surface area contributed by atoms with Gasteiger partial charge in [0.2, 0.25) is 0 Å². The van der Waals surface area contributed by atoms with Gasteiger partial charge in [0.25, 0.3) is 0 Å². The molecular weight excluding hydrogens is 423 g/mol. The van der Waals surface area contributed by atoms with Crippen molar-refractivity contribution in [3.8, 4) is 0 Å². The Hall–Kier alpha value is -2.21. The van der Waals surface area contributed by atoms with Crippen molar-refractivity contribution in [2.45, 2.75) is 13.1 Å². The highest BCUT2D eigenvalue weighted by Crippen LogP contribution is 2.58. The zero-order chi connectivity index (χ0) is 19.4. The molecule has 2 heteroatoms. The van der Waals surface area contributed by atoms with E-state index in [0.29, 0.717) is 0 Å². The van der Waals surface area contributed by atoms with E-state index in [1.165, 1.54) is 31.5 Å². The molecule has 4 aromatic carbocycles. The molecule has 0 fully saturated rings. The number of hydrogen-bond donors (Lipinski definition) is 0. The molecule has 0 bridgehead atoms. The van der Waals surface area contributed by atoms with Crippen LogP contribution in [0.2, 0.25) is 0 Å². The van der Waals surface area contributed by atoms with Gasteiger partial charge in [-0.25, -0.2) is 0 Å². The standard InChI is InChI=1S/C26H23BrP/c1-21-17-18-26(27)22(19-21)20-28(23-11-5-2-6-12-23,24-13-7-3-8-14-24)25-15-9-4-10-16-25/h2-19H,20H2,1H3/q+1. The molecule has 4 aromatic rings. The summed E-state index contributed by atoms with van der Waals surface area (Å²) in [6.45, 7) is 2.17. The van der Waals surface area contributed by atoms with Crippen molar-refractivity contribution in [3.05, 3.63) is 125 Å². The molecular formula is C26H23BrP+. The molecule has 0 atom stereocenters. The number of aryl methyl sites for hydroxylation is 1. The number of benzene rings is 4. The topological polar surface area (TPSA) is 0 Å². The van der Waals surface area contributed by atoms with Crippen molar-refractivity contribution in [1.82, 2.24) is 0 Å². The largest absolute Gasteiger partial charge is 0.116 e. The molecule has 0 heterocycles. The Labute approximate surface area is 176 Å². The van der Waals surface area contributed by atoms with Crippen molar-refractivity contribution in [3.63, 3.8) is 0 Å². The van der Waals surface area contributed by atoms with Crippen LogP contribution in [0, 0.1) is 6.92 Å². The van der Waals surface area contributed by atoms with E-state index in [0.717, 1.165) is 6.16 Å². The second-order valence-electron chi connectivity index (χ2n) is 7.07. The lowest BCUT2D eigenvalue weighted by Gasteiger charge is -2.28. The molecule has 0 aliphatic carbocycles. The first-order chi connectivity index (χ1) is 13.7. The molecule has 0 N–H and O–H groups in total. The van der Waals surface area contributed by atoms with Crippen molar-refractivity contribution < 1.29 is 0 Å². The predicted molar refractivity (Wildman–Crippen MR) is 128 cm³/mol. The molecule has 138 valence electrons. The lowest BCUT2D eigenvalue weighted by molar-refractivity contribution is 1.31. The van der Waals surface area contributed by atoms with Crippen LogP contribution in [0.25, 0.3) is 0 Å². The molecule has 0 aromatic heterocycles. The summed E-state index contributed by atoms with van der Waals surface area (Å²) in [6, 6.07) is 39.8. The van der Waals surface area contributed by atoms with Gasteiger partial charge in [-0.05, 0) is 49.4 Å². The lowest BCUT2D eigenvalue weighted by atomic mass is 10.2. The maximum Gasteiger partial charge on any atom is 0.116 e. The molecule has 0 aliphatic rings. The van der Waals surface area contributed by atoms with Crippen LogP contribution in [-0.2, 0) is 6.16 Å². The highest BCUT2D eigenvalue weighted by molar-refractivity contribution is 9.10. The molecule has 0 aliphatic heterocycles. The van der Waals surface area contributed by atoms with Gasteiger partial charge in [-0.3, -0.25) is 0 Å². The van der Waals surface area contributed by atoms with Crippen molar-refractivity contribution >= 4 is 39.1 Å². The summed E-state index contributed by atoms with van der Waals surface area (Å²) in [7, 11) is -1.85. The van der Waals surface area contributed by atoms with Gasteiger partial charge in [0, 0.05) is 10.0 Å². The van der Waals surface area contributed by atoms with E-state index in [-0.39, 0.29) is 0 Å². The van der Waals surface area contributed by atoms with E-state index in [2.05, 4.69) is 132 Å². The summed E-state index contributed by atoms with van der Waals surface area (Å²) in [5.41, 5.74) is 2.66. The van der Waals surface area contributed by atoms with Crippen LogP contribution in [0.1, 0.15) is 11.1 Å². The second-order valence-corrected chi connectivity index (χ2v) is 11.4. The first-order valence-corrected chi connectivity index (χ1v) is 12.3. The van der Waals surface area contributed by atoms with Crippen LogP contribution in [0.3, 0.4) is 0 Å². The minimum absolute atomic E-state index is 0.993. The Morgan fingerprint density at radius 2 is 1.04 bits per heavy atom. The smallest absolute Gasteiger partial charge is 0.0620 e. The van der Waals surface area contributed by atoms with Crippen molar-refractivity contribution in [2.75, 3.05) is 0 Å². The molecule has 4 rings (SSSR count). The first-order valence-electron chi connectivity index (χ1n) is 9.50. The SMILES string of the molecule is Cc1ccc(Br)c(C[P+](c2ccccc2)(c2ccccc2)c2ccccc2)c1. The molecule has 28 heavy (non-hydrogen) atoms. The van der Waals surface area contributed by atoms with Crippen molar-refractivity contribution in [1.29, 1.82) is 0 Å². The van der Waals surface area contributed by atoms with E-state index < -0.39 is 7.26 Å². The fourth-order valence-electron chi connectivity index (χ4n) is 3.85. The van der Waals surface area contributed by atoms with Crippen LogP contribution < -0.4 is 15.9 Å². The fourth-order valence-corrected chi connectivity index (χ4v) is 8.71. The Morgan fingerprint density at radius 1 is 0.607 bits per heavy atom. The van der Waals surface area contributed by atoms with Crippen LogP contribution in [0.5, 0.6) is 0 Å². The summed E-state index contributed by atoms with van der Waals surface area (Å²) in [6.07, 6.45) is 0.993. The van der Waals surface area contributed by atoms with E-state index in [1.807, 2.05) is 0 Å². The van der Waals surface area contributed by atoms with Gasteiger partial charge in [0.15, 0.2) is 0 Å². The summed E-state index contributed by atoms with van der Waals surface area (Å²) >= 11 is 3.82. The number of halogens is 1. The van der Waals surface area contributed by atoms with Gasteiger partial charge in [0.1, 0.15) is 23.2 Å². The average molecular weight is 446 g/mol. The normalized spacial score (nSPS) is 11.4. The number of rotatable bonds is 5. The fraction of sp³-hybridized carbons (Fsp3) is 0.0769. The summed E-state index contributed by atoms with van der Waals surface area (Å²) < 4.78 is 1.19. The van der Waals surface area contributed by atoms with Crippen LogP contribution in [0.4, 0.5) is 0 Å². The Balaban J connectivity index is 2.02. The summed E-state index contributed by atoms with van der Waals surface area (Å²) in [4.78, 5) is 0. The zero-order valence-corrected chi connectivity index (χ0v) is 18.4. The third-order valence-corrected chi connectivity index (χ3v) is 10.3. The maximum atomic E-state index is 3.82. The first kappa shape index (κ1) is 19.1. The van der Waals surface area contributed by atoms with Gasteiger partial charge in [-0.2, -0.15) is 0 Å². The Morgan fingerprint density at radius 3 is 1.46 bits per heavy atom. The van der Waals surface area contributed by atoms with Crippen LogP contribution >= 0.6 is 23.2 Å². The van der Waals surface area contributed by atoms with E-state index in [1.54, 1.807) is 0 Å². The minimum atomic E-state index is -1.85. The van der Waals surface area contributed by atoms with Gasteiger partial charge in [0.05, 0.1) is 6.16 Å². The summed E-state index contributed by atoms with van der Waals surface area (Å²) in [5.74, 6) is 0. The van der Waals surface area contributed by atoms with Gasteiger partial charge < -0.3 is 0 Å². The van der Waals surface area contributed by atoms with Gasteiger partial charge >= 0.3 is 0 Å².